The van der Waals surface area contributed by atoms with Gasteiger partial charge in [-0.15, -0.1) is 0 Å². The Balaban J connectivity index is 2.22. The van der Waals surface area contributed by atoms with Gasteiger partial charge in [0.15, 0.2) is 0 Å². The van der Waals surface area contributed by atoms with Crippen LogP contribution in [-0.2, 0) is 4.79 Å². The molecule has 2 rings (SSSR count). The molecule has 1 saturated carbocycles. The zero-order valence-electron chi connectivity index (χ0n) is 9.07. The Hall–Kier alpha value is -1.55. The van der Waals surface area contributed by atoms with E-state index in [1.807, 2.05) is 0 Å². The second kappa shape index (κ2) is 4.75. The van der Waals surface area contributed by atoms with E-state index in [1.54, 1.807) is 12.1 Å². The second-order valence-corrected chi connectivity index (χ2v) is 4.49. The Kier molecular flexibility index (Phi) is 3.33. The smallest absolute Gasteiger partial charge is 0.339 e. The van der Waals surface area contributed by atoms with E-state index < -0.39 is 5.97 Å². The highest BCUT2D eigenvalue weighted by atomic mass is 35.5. The molecule has 1 aliphatic rings. The number of carbonyl (C=O) groups is 2. The first kappa shape index (κ1) is 11.9. The molecule has 2 N–H and O–H groups in total. The van der Waals surface area contributed by atoms with Gasteiger partial charge in [0.1, 0.15) is 5.56 Å². The van der Waals surface area contributed by atoms with Gasteiger partial charge in [-0.05, 0) is 25.0 Å². The Bertz CT molecular complexity index is 469. The summed E-state index contributed by atoms with van der Waals surface area (Å²) < 4.78 is 0. The van der Waals surface area contributed by atoms with Gasteiger partial charge in [0.05, 0.1) is 10.7 Å². The summed E-state index contributed by atoms with van der Waals surface area (Å²) >= 11 is 5.80. The lowest BCUT2D eigenvalue weighted by Crippen LogP contribution is -2.28. The maximum Gasteiger partial charge on any atom is 0.339 e. The second-order valence-electron chi connectivity index (χ2n) is 4.08. The lowest BCUT2D eigenvalue weighted by molar-refractivity contribution is -0.122. The molecule has 0 unspecified atom stereocenters. The number of amides is 1. The normalized spacial score (nSPS) is 15.1. The van der Waals surface area contributed by atoms with Crippen molar-refractivity contribution in [1.29, 1.82) is 0 Å². The molecule has 1 amide bonds. The van der Waals surface area contributed by atoms with Gasteiger partial charge in [-0.2, -0.15) is 0 Å². The number of anilines is 1. The molecule has 1 aromatic rings. The number of rotatable bonds is 3. The summed E-state index contributed by atoms with van der Waals surface area (Å²) in [5, 5.41) is 11.8. The van der Waals surface area contributed by atoms with E-state index in [2.05, 4.69) is 5.32 Å². The van der Waals surface area contributed by atoms with Crippen molar-refractivity contribution in [2.45, 2.75) is 19.3 Å². The SMILES string of the molecule is O=C(O)c1c(Cl)cccc1NC(=O)C1CCC1. The third-order valence-corrected chi connectivity index (χ3v) is 3.28. The molecule has 0 aromatic heterocycles. The molecule has 1 aromatic carbocycles. The summed E-state index contributed by atoms with van der Waals surface area (Å²) in [6.45, 7) is 0. The molecular weight excluding hydrogens is 242 g/mol. The molecule has 4 nitrogen and oxygen atoms in total. The van der Waals surface area contributed by atoms with Crippen molar-refractivity contribution in [3.8, 4) is 0 Å². The summed E-state index contributed by atoms with van der Waals surface area (Å²) in [5.74, 6) is -1.25. The van der Waals surface area contributed by atoms with Crippen LogP contribution in [-0.4, -0.2) is 17.0 Å². The number of carbonyl (C=O) groups excluding carboxylic acids is 1. The van der Waals surface area contributed by atoms with E-state index in [4.69, 9.17) is 16.7 Å². The highest BCUT2D eigenvalue weighted by Crippen LogP contribution is 2.29. The van der Waals surface area contributed by atoms with Gasteiger partial charge in [-0.1, -0.05) is 24.1 Å². The van der Waals surface area contributed by atoms with Crippen molar-refractivity contribution in [2.75, 3.05) is 5.32 Å². The molecule has 0 radical (unpaired) electrons. The Morgan fingerprint density at radius 3 is 2.59 bits per heavy atom. The van der Waals surface area contributed by atoms with E-state index in [1.165, 1.54) is 6.07 Å². The Morgan fingerprint density at radius 1 is 1.35 bits per heavy atom. The number of aromatic carboxylic acids is 1. The van der Waals surface area contributed by atoms with E-state index in [-0.39, 0.29) is 28.1 Å². The number of nitrogens with one attached hydrogen (secondary N) is 1. The average molecular weight is 254 g/mol. The van der Waals surface area contributed by atoms with E-state index in [0.717, 1.165) is 19.3 Å². The van der Waals surface area contributed by atoms with Crippen LogP contribution in [0.2, 0.25) is 5.02 Å². The monoisotopic (exact) mass is 253 g/mol. The van der Waals surface area contributed by atoms with Crippen LogP contribution in [0.4, 0.5) is 5.69 Å². The van der Waals surface area contributed by atoms with Crippen LogP contribution < -0.4 is 5.32 Å². The molecule has 5 heteroatoms. The summed E-state index contributed by atoms with van der Waals surface area (Å²) in [7, 11) is 0. The minimum atomic E-state index is -1.14. The molecule has 0 saturated heterocycles. The van der Waals surface area contributed by atoms with Crippen LogP contribution in [0.1, 0.15) is 29.6 Å². The van der Waals surface area contributed by atoms with Crippen molar-refractivity contribution < 1.29 is 14.7 Å². The van der Waals surface area contributed by atoms with Crippen LogP contribution in [0.25, 0.3) is 0 Å². The number of hydrogen-bond donors (Lipinski definition) is 2. The van der Waals surface area contributed by atoms with Crippen LogP contribution in [0.15, 0.2) is 18.2 Å². The van der Waals surface area contributed by atoms with Gasteiger partial charge in [0.25, 0.3) is 0 Å². The van der Waals surface area contributed by atoms with Gasteiger partial charge in [0, 0.05) is 5.92 Å². The van der Waals surface area contributed by atoms with Gasteiger partial charge < -0.3 is 10.4 Å². The molecule has 1 aliphatic carbocycles. The molecule has 17 heavy (non-hydrogen) atoms. The Morgan fingerprint density at radius 2 is 2.06 bits per heavy atom. The lowest BCUT2D eigenvalue weighted by Gasteiger charge is -2.24. The van der Waals surface area contributed by atoms with E-state index in [9.17, 15) is 9.59 Å². The Labute approximate surface area is 104 Å². The van der Waals surface area contributed by atoms with Gasteiger partial charge in [-0.25, -0.2) is 4.79 Å². The standard InChI is InChI=1S/C12H12ClNO3/c13-8-5-2-6-9(10(8)12(16)17)14-11(15)7-3-1-4-7/h2,5-7H,1,3-4H2,(H,14,15)(H,16,17). The van der Waals surface area contributed by atoms with Crippen molar-refractivity contribution in [2.24, 2.45) is 5.92 Å². The summed E-state index contributed by atoms with van der Waals surface area (Å²) in [5.41, 5.74) is 0.212. The van der Waals surface area contributed by atoms with Crippen molar-refractivity contribution in [1.82, 2.24) is 0 Å². The molecule has 90 valence electrons. The van der Waals surface area contributed by atoms with Crippen molar-refractivity contribution >= 4 is 29.2 Å². The first-order valence-electron chi connectivity index (χ1n) is 5.42. The maximum absolute atomic E-state index is 11.7. The molecular formula is C12H12ClNO3. The zero-order chi connectivity index (χ0) is 12.4. The minimum absolute atomic E-state index is 0.00984. The number of carboxylic acid groups (broad SMARTS) is 1. The number of hydrogen-bond acceptors (Lipinski definition) is 2. The predicted octanol–water partition coefficient (Wildman–Crippen LogP) is 2.78. The van der Waals surface area contributed by atoms with Crippen LogP contribution in [0.3, 0.4) is 0 Å². The fraction of sp³-hybridized carbons (Fsp3) is 0.333. The predicted molar refractivity (Wildman–Crippen MR) is 64.4 cm³/mol. The minimum Gasteiger partial charge on any atom is -0.478 e. The topological polar surface area (TPSA) is 66.4 Å². The van der Waals surface area contributed by atoms with E-state index in [0.29, 0.717) is 0 Å². The third-order valence-electron chi connectivity index (χ3n) is 2.96. The summed E-state index contributed by atoms with van der Waals surface area (Å²) in [6.07, 6.45) is 2.79. The molecule has 0 spiro atoms. The number of halogens is 1. The average Bonchev–Trinajstić information content (AvgIpc) is 2.13. The molecule has 0 heterocycles. The van der Waals surface area contributed by atoms with Crippen molar-refractivity contribution in [3.05, 3.63) is 28.8 Å². The maximum atomic E-state index is 11.7. The summed E-state index contributed by atoms with van der Waals surface area (Å²) in [4.78, 5) is 22.8. The largest absolute Gasteiger partial charge is 0.478 e. The first-order chi connectivity index (χ1) is 8.09. The summed E-state index contributed by atoms with van der Waals surface area (Å²) in [6, 6.07) is 4.65. The quantitative estimate of drug-likeness (QED) is 0.870. The fourth-order valence-corrected chi connectivity index (χ4v) is 2.01. The van der Waals surface area contributed by atoms with Crippen LogP contribution in [0.5, 0.6) is 0 Å². The molecule has 0 bridgehead atoms. The fourth-order valence-electron chi connectivity index (χ4n) is 1.75. The first-order valence-corrected chi connectivity index (χ1v) is 5.80. The zero-order valence-corrected chi connectivity index (χ0v) is 9.83. The number of carboxylic acids is 1. The highest BCUT2D eigenvalue weighted by Gasteiger charge is 2.26. The molecule has 0 atom stereocenters. The molecule has 1 fully saturated rings. The van der Waals surface area contributed by atoms with Crippen LogP contribution in [0, 0.1) is 5.92 Å². The van der Waals surface area contributed by atoms with Crippen LogP contribution >= 0.6 is 11.6 Å². The van der Waals surface area contributed by atoms with E-state index >= 15 is 0 Å². The van der Waals surface area contributed by atoms with Crippen molar-refractivity contribution in [3.63, 3.8) is 0 Å². The molecule has 0 aliphatic heterocycles. The van der Waals surface area contributed by atoms with Gasteiger partial charge in [0.2, 0.25) is 5.91 Å². The van der Waals surface area contributed by atoms with Gasteiger partial charge in [-0.3, -0.25) is 4.79 Å². The third kappa shape index (κ3) is 2.42. The van der Waals surface area contributed by atoms with Gasteiger partial charge >= 0.3 is 5.97 Å². The number of benzene rings is 1. The highest BCUT2D eigenvalue weighted by molar-refractivity contribution is 6.34. The lowest BCUT2D eigenvalue weighted by atomic mass is 9.85.